The molecule has 0 aromatic heterocycles. The van der Waals surface area contributed by atoms with Gasteiger partial charge in [0.15, 0.2) is 9.84 Å². The predicted octanol–water partition coefficient (Wildman–Crippen LogP) is 2.55. The van der Waals surface area contributed by atoms with Crippen LogP contribution >= 0.6 is 0 Å². The van der Waals surface area contributed by atoms with E-state index in [0.717, 1.165) is 0 Å². The summed E-state index contributed by atoms with van der Waals surface area (Å²) in [5.41, 5.74) is 0.237. The molecular weight excluding hydrogens is 248 g/mol. The van der Waals surface area contributed by atoms with Crippen molar-refractivity contribution >= 4 is 15.5 Å². The van der Waals surface area contributed by atoms with E-state index in [0.29, 0.717) is 6.42 Å². The van der Waals surface area contributed by atoms with Crippen LogP contribution in [0.1, 0.15) is 13.3 Å². The number of hydrogen-bond acceptors (Lipinski definition) is 3. The van der Waals surface area contributed by atoms with Gasteiger partial charge in [0.25, 0.3) is 6.43 Å². The summed E-state index contributed by atoms with van der Waals surface area (Å²) >= 11 is 0. The smallest absolute Gasteiger partial charge is 0.255 e. The molecule has 1 rings (SSSR count). The molecule has 1 aromatic carbocycles. The van der Waals surface area contributed by atoms with Crippen LogP contribution in [0.25, 0.3) is 0 Å². The molecule has 96 valence electrons. The van der Waals surface area contributed by atoms with E-state index in [1.807, 2.05) is 0 Å². The number of alkyl halides is 2. The largest absolute Gasteiger partial charge is 0.378 e. The molecule has 0 aliphatic carbocycles. The zero-order valence-corrected chi connectivity index (χ0v) is 10.3. The van der Waals surface area contributed by atoms with Crippen LogP contribution < -0.4 is 5.32 Å². The van der Waals surface area contributed by atoms with Crippen molar-refractivity contribution in [1.82, 2.24) is 0 Å². The first-order valence-corrected chi connectivity index (χ1v) is 6.96. The van der Waals surface area contributed by atoms with E-state index in [1.165, 1.54) is 12.1 Å². The second-order valence-electron chi connectivity index (χ2n) is 3.59. The second kappa shape index (κ2) is 5.95. The Kier molecular flexibility index (Phi) is 4.86. The summed E-state index contributed by atoms with van der Waals surface area (Å²) in [4.78, 5) is 0.0856. The van der Waals surface area contributed by atoms with Crippen LogP contribution in [0.5, 0.6) is 0 Å². The van der Waals surface area contributed by atoms with Gasteiger partial charge in [-0.2, -0.15) is 0 Å². The average Bonchev–Trinajstić information content (AvgIpc) is 2.26. The summed E-state index contributed by atoms with van der Waals surface area (Å²) in [5, 5.41) is 2.45. The fourth-order valence-corrected chi connectivity index (χ4v) is 2.97. The van der Waals surface area contributed by atoms with Gasteiger partial charge in [0.2, 0.25) is 0 Å². The number of sulfone groups is 1. The highest BCUT2D eigenvalue weighted by molar-refractivity contribution is 7.91. The van der Waals surface area contributed by atoms with Crippen molar-refractivity contribution in [2.45, 2.75) is 24.7 Å². The van der Waals surface area contributed by atoms with E-state index >= 15 is 0 Å². The Bertz CT molecular complexity index is 460. The van der Waals surface area contributed by atoms with E-state index in [2.05, 4.69) is 5.32 Å². The number of benzene rings is 1. The molecule has 3 nitrogen and oxygen atoms in total. The Morgan fingerprint density at radius 1 is 1.29 bits per heavy atom. The van der Waals surface area contributed by atoms with Crippen molar-refractivity contribution in [3.8, 4) is 0 Å². The van der Waals surface area contributed by atoms with E-state index in [9.17, 15) is 17.2 Å². The van der Waals surface area contributed by atoms with Crippen LogP contribution in [-0.4, -0.2) is 27.1 Å². The number of para-hydroxylation sites is 1. The number of rotatable bonds is 6. The first-order chi connectivity index (χ1) is 7.97. The lowest BCUT2D eigenvalue weighted by atomic mass is 10.3. The molecule has 0 bridgehead atoms. The maximum Gasteiger partial charge on any atom is 0.255 e. The topological polar surface area (TPSA) is 46.2 Å². The Balaban J connectivity index is 2.99. The van der Waals surface area contributed by atoms with Gasteiger partial charge in [0.1, 0.15) is 0 Å². The van der Waals surface area contributed by atoms with Crippen molar-refractivity contribution in [3.63, 3.8) is 0 Å². The van der Waals surface area contributed by atoms with Gasteiger partial charge in [-0.05, 0) is 18.6 Å². The molecule has 0 amide bonds. The minimum atomic E-state index is -3.40. The van der Waals surface area contributed by atoms with Gasteiger partial charge >= 0.3 is 0 Å². The monoisotopic (exact) mass is 263 g/mol. The zero-order chi connectivity index (χ0) is 12.9. The molecule has 0 atom stereocenters. The molecule has 0 saturated heterocycles. The zero-order valence-electron chi connectivity index (χ0n) is 9.49. The van der Waals surface area contributed by atoms with Crippen molar-refractivity contribution in [2.24, 2.45) is 0 Å². The third-order valence-electron chi connectivity index (χ3n) is 2.14. The molecular formula is C11H15F2NO2S. The molecule has 0 unspecified atom stereocenters. The summed E-state index contributed by atoms with van der Waals surface area (Å²) < 4.78 is 47.9. The molecule has 0 spiro atoms. The minimum absolute atomic E-state index is 0.0143. The highest BCUT2D eigenvalue weighted by Crippen LogP contribution is 2.22. The van der Waals surface area contributed by atoms with Gasteiger partial charge in [-0.25, -0.2) is 17.2 Å². The third-order valence-corrected chi connectivity index (χ3v) is 4.11. The Morgan fingerprint density at radius 2 is 1.94 bits per heavy atom. The first-order valence-electron chi connectivity index (χ1n) is 5.31. The van der Waals surface area contributed by atoms with Gasteiger partial charge in [0, 0.05) is 0 Å². The predicted molar refractivity (Wildman–Crippen MR) is 63.3 cm³/mol. The molecule has 0 aliphatic rings. The van der Waals surface area contributed by atoms with Gasteiger partial charge in [-0.15, -0.1) is 0 Å². The van der Waals surface area contributed by atoms with E-state index in [4.69, 9.17) is 0 Å². The second-order valence-corrected chi connectivity index (χ2v) is 5.66. The maximum absolute atomic E-state index is 12.1. The van der Waals surface area contributed by atoms with Crippen molar-refractivity contribution < 1.29 is 17.2 Å². The molecule has 0 heterocycles. The van der Waals surface area contributed by atoms with E-state index in [-0.39, 0.29) is 16.3 Å². The summed E-state index contributed by atoms with van der Waals surface area (Å²) in [6.07, 6.45) is -2.03. The number of halogens is 2. The van der Waals surface area contributed by atoms with Crippen LogP contribution in [0.2, 0.25) is 0 Å². The van der Waals surface area contributed by atoms with Gasteiger partial charge in [0.05, 0.1) is 22.9 Å². The third kappa shape index (κ3) is 3.96. The fraction of sp³-hybridized carbons (Fsp3) is 0.455. The van der Waals surface area contributed by atoms with Crippen LogP contribution in [0, 0.1) is 0 Å². The summed E-state index contributed by atoms with van der Waals surface area (Å²) in [6.45, 7) is 1.20. The fourth-order valence-electron chi connectivity index (χ4n) is 1.45. The molecule has 0 aliphatic heterocycles. The first kappa shape index (κ1) is 13.9. The quantitative estimate of drug-likeness (QED) is 0.858. The molecule has 0 radical (unpaired) electrons. The molecule has 17 heavy (non-hydrogen) atoms. The van der Waals surface area contributed by atoms with Crippen molar-refractivity contribution in [3.05, 3.63) is 24.3 Å². The SMILES string of the molecule is CCCS(=O)(=O)c1ccccc1NCC(F)F. The highest BCUT2D eigenvalue weighted by atomic mass is 32.2. The lowest BCUT2D eigenvalue weighted by Gasteiger charge is -2.11. The molecule has 6 heteroatoms. The van der Waals surface area contributed by atoms with Crippen LogP contribution in [0.3, 0.4) is 0 Å². The van der Waals surface area contributed by atoms with E-state index in [1.54, 1.807) is 19.1 Å². The Morgan fingerprint density at radius 3 is 2.53 bits per heavy atom. The minimum Gasteiger partial charge on any atom is -0.378 e. The lowest BCUT2D eigenvalue weighted by Crippen LogP contribution is -2.14. The van der Waals surface area contributed by atoms with Crippen LogP contribution in [0.4, 0.5) is 14.5 Å². The van der Waals surface area contributed by atoms with Crippen LogP contribution in [-0.2, 0) is 9.84 Å². The van der Waals surface area contributed by atoms with Gasteiger partial charge in [-0.1, -0.05) is 19.1 Å². The summed E-state index contributed by atoms with van der Waals surface area (Å²) in [7, 11) is -3.40. The molecule has 0 fully saturated rings. The molecule has 1 N–H and O–H groups in total. The highest BCUT2D eigenvalue weighted by Gasteiger charge is 2.17. The normalized spacial score (nSPS) is 11.8. The summed E-state index contributed by atoms with van der Waals surface area (Å²) in [6, 6.07) is 6.11. The average molecular weight is 263 g/mol. The Labute approximate surface area is 99.8 Å². The number of hydrogen-bond donors (Lipinski definition) is 1. The van der Waals surface area contributed by atoms with Crippen molar-refractivity contribution in [1.29, 1.82) is 0 Å². The van der Waals surface area contributed by atoms with Crippen LogP contribution in [0.15, 0.2) is 29.2 Å². The maximum atomic E-state index is 12.1. The van der Waals surface area contributed by atoms with E-state index < -0.39 is 22.8 Å². The number of nitrogens with one attached hydrogen (secondary N) is 1. The lowest BCUT2D eigenvalue weighted by molar-refractivity contribution is 0.163. The number of anilines is 1. The molecule has 1 aromatic rings. The Hall–Kier alpha value is -1.17. The van der Waals surface area contributed by atoms with Gasteiger partial charge in [-0.3, -0.25) is 0 Å². The van der Waals surface area contributed by atoms with Gasteiger partial charge < -0.3 is 5.32 Å². The van der Waals surface area contributed by atoms with Crippen molar-refractivity contribution in [2.75, 3.05) is 17.6 Å². The summed E-state index contributed by atoms with van der Waals surface area (Å²) in [5.74, 6) is 0.0143. The molecule has 0 saturated carbocycles. The standard InChI is InChI=1S/C11H15F2NO2S/c1-2-7-17(15,16)10-6-4-3-5-9(10)14-8-11(12)13/h3-6,11,14H,2,7-8H2,1H3.